The molecule has 0 saturated heterocycles. The van der Waals surface area contributed by atoms with Crippen molar-refractivity contribution in [3.05, 3.63) is 72.9 Å². The van der Waals surface area contributed by atoms with Gasteiger partial charge in [-0.15, -0.1) is 0 Å². The highest BCUT2D eigenvalue weighted by atomic mass is 31.2. The number of carbonyl (C=O) groups excluding carboxylic acids is 2. The van der Waals surface area contributed by atoms with Crippen LogP contribution in [0.3, 0.4) is 0 Å². The van der Waals surface area contributed by atoms with Crippen molar-refractivity contribution in [2.75, 3.05) is 47.5 Å². The molecule has 328 valence electrons. The third-order valence-corrected chi connectivity index (χ3v) is 9.82. The van der Waals surface area contributed by atoms with E-state index in [0.29, 0.717) is 17.4 Å². The largest absolute Gasteiger partial charge is 0.756 e. The topological polar surface area (TPSA) is 131 Å². The molecule has 0 aliphatic rings. The first kappa shape index (κ1) is 54.4. The van der Waals surface area contributed by atoms with Crippen molar-refractivity contribution in [2.24, 2.45) is 0 Å². The number of aliphatic hydroxyl groups excluding tert-OH is 1. The van der Waals surface area contributed by atoms with Crippen LogP contribution < -0.4 is 4.89 Å². The Labute approximate surface area is 347 Å². The van der Waals surface area contributed by atoms with E-state index < -0.39 is 38.6 Å². The average Bonchev–Trinajstić information content (AvgIpc) is 3.16. The smallest absolute Gasteiger partial charge is 0.306 e. The van der Waals surface area contributed by atoms with Crippen LogP contribution in [0.15, 0.2) is 72.9 Å². The Hall–Kier alpha value is -2.59. The molecular weight excluding hydrogens is 741 g/mol. The minimum Gasteiger partial charge on any atom is -0.756 e. The van der Waals surface area contributed by atoms with Crippen molar-refractivity contribution >= 4 is 19.8 Å². The maximum Gasteiger partial charge on any atom is 0.306 e. The predicted molar refractivity (Wildman–Crippen MR) is 232 cm³/mol. The molecule has 57 heavy (non-hydrogen) atoms. The summed E-state index contributed by atoms with van der Waals surface area (Å²) in [5, 5.41) is 10.3. The van der Waals surface area contributed by atoms with E-state index in [-0.39, 0.29) is 32.5 Å². The molecule has 3 atom stereocenters. The number of carbonyl (C=O) groups is 2. The number of hydrogen-bond donors (Lipinski definition) is 1. The Kier molecular flexibility index (Phi) is 36.0. The number of nitrogens with zero attached hydrogens (tertiary/aromatic N) is 1. The van der Waals surface area contributed by atoms with Crippen LogP contribution in [0.5, 0.6) is 0 Å². The zero-order chi connectivity index (χ0) is 42.3. The number of aliphatic hydroxyl groups is 1. The van der Waals surface area contributed by atoms with Gasteiger partial charge in [0.1, 0.15) is 19.8 Å². The van der Waals surface area contributed by atoms with E-state index in [1.165, 1.54) is 57.8 Å². The summed E-state index contributed by atoms with van der Waals surface area (Å²) in [6.45, 7) is 3.82. The van der Waals surface area contributed by atoms with Gasteiger partial charge in [-0.1, -0.05) is 164 Å². The third kappa shape index (κ3) is 41.4. The first-order valence-corrected chi connectivity index (χ1v) is 23.2. The number of phosphoric acid groups is 1. The quantitative estimate of drug-likeness (QED) is 0.0161. The zero-order valence-electron chi connectivity index (χ0n) is 36.4. The minimum absolute atomic E-state index is 0.0688. The van der Waals surface area contributed by atoms with Crippen molar-refractivity contribution in [1.82, 2.24) is 0 Å². The normalized spacial score (nSPS) is 14.9. The van der Waals surface area contributed by atoms with E-state index in [1.54, 1.807) is 12.2 Å². The Morgan fingerprint density at radius 1 is 0.649 bits per heavy atom. The maximum absolute atomic E-state index is 12.7. The van der Waals surface area contributed by atoms with Gasteiger partial charge in [0.25, 0.3) is 7.82 Å². The van der Waals surface area contributed by atoms with E-state index in [9.17, 15) is 24.2 Å². The second-order valence-electron chi connectivity index (χ2n) is 15.5. The van der Waals surface area contributed by atoms with E-state index in [0.717, 1.165) is 51.4 Å². The van der Waals surface area contributed by atoms with Crippen molar-refractivity contribution in [1.29, 1.82) is 0 Å². The SMILES string of the molecule is CC/C=C\C/C=C\C/C=C\C/C=C\C/C=C\C=C/C(O)CCC(=O)OC[C@H](COP(=O)([O-])OCC[N+](C)(C)C)OC(=O)CCCCCCCCCCCCCCC. The molecule has 1 N–H and O–H groups in total. The highest BCUT2D eigenvalue weighted by Gasteiger charge is 2.22. The fourth-order valence-electron chi connectivity index (χ4n) is 5.41. The van der Waals surface area contributed by atoms with Crippen molar-refractivity contribution in [3.63, 3.8) is 0 Å². The van der Waals surface area contributed by atoms with Crippen molar-refractivity contribution in [2.45, 2.75) is 161 Å². The van der Waals surface area contributed by atoms with Gasteiger partial charge in [-0.25, -0.2) is 0 Å². The number of unbranched alkanes of at least 4 members (excludes halogenated alkanes) is 12. The van der Waals surface area contributed by atoms with Crippen LogP contribution >= 0.6 is 7.82 Å². The van der Waals surface area contributed by atoms with Crippen LogP contribution in [-0.4, -0.2) is 81.2 Å². The number of rotatable bonds is 38. The standard InChI is InChI=1S/C46H80NO9P/c1-6-8-10-12-14-16-18-20-21-22-24-25-27-29-31-33-35-43(48)37-38-45(49)53-41-44(42-55-57(51,52)54-40-39-47(3,4)5)56-46(50)36-34-32-30-28-26-23-19-17-15-13-11-9-7-2/h8,10,14,16,20-21,24-25,29,31,33,35,43-44,48H,6-7,9,11-13,15,17-19,22-23,26-28,30,32,34,36-42H2,1-5H3/b10-8-,16-14-,21-20-,25-24-,31-29-,35-33-/t43?,44-/m1/s1. The zero-order valence-corrected chi connectivity index (χ0v) is 37.3. The molecule has 0 rings (SSSR count). The van der Waals surface area contributed by atoms with E-state index in [2.05, 4.69) is 62.5 Å². The Bertz CT molecular complexity index is 1220. The van der Waals surface area contributed by atoms with Gasteiger partial charge in [-0.05, 0) is 44.9 Å². The van der Waals surface area contributed by atoms with Crippen molar-refractivity contribution < 1.29 is 47.2 Å². The molecule has 10 nitrogen and oxygen atoms in total. The van der Waals surface area contributed by atoms with Gasteiger partial charge >= 0.3 is 11.9 Å². The number of esters is 2. The highest BCUT2D eigenvalue weighted by Crippen LogP contribution is 2.38. The van der Waals surface area contributed by atoms with Gasteiger partial charge in [0.2, 0.25) is 0 Å². The van der Waals surface area contributed by atoms with E-state index in [4.69, 9.17) is 18.5 Å². The molecule has 0 aliphatic carbocycles. The molecule has 0 amide bonds. The highest BCUT2D eigenvalue weighted by molar-refractivity contribution is 7.45. The molecule has 0 aromatic rings. The van der Waals surface area contributed by atoms with Gasteiger partial charge in [-0.2, -0.15) is 0 Å². The summed E-state index contributed by atoms with van der Waals surface area (Å²) in [6.07, 6.45) is 42.6. The second kappa shape index (κ2) is 37.7. The molecule has 2 unspecified atom stereocenters. The predicted octanol–water partition coefficient (Wildman–Crippen LogP) is 10.6. The van der Waals surface area contributed by atoms with Crippen LogP contribution in [0.1, 0.15) is 149 Å². The van der Waals surface area contributed by atoms with Gasteiger partial charge in [-0.3, -0.25) is 14.2 Å². The lowest BCUT2D eigenvalue weighted by atomic mass is 10.0. The summed E-state index contributed by atoms with van der Waals surface area (Å²) < 4.78 is 33.6. The molecule has 0 saturated carbocycles. The summed E-state index contributed by atoms with van der Waals surface area (Å²) in [7, 11) is 1.04. The molecule has 0 radical (unpaired) electrons. The molecule has 0 aromatic heterocycles. The van der Waals surface area contributed by atoms with E-state index in [1.807, 2.05) is 33.3 Å². The summed E-state index contributed by atoms with van der Waals surface area (Å²) in [4.78, 5) is 37.5. The summed E-state index contributed by atoms with van der Waals surface area (Å²) in [5.41, 5.74) is 0. The average molecular weight is 822 g/mol. The second-order valence-corrected chi connectivity index (χ2v) is 16.9. The van der Waals surface area contributed by atoms with Crippen LogP contribution in [0.4, 0.5) is 0 Å². The molecular formula is C46H80NO9P. The van der Waals surface area contributed by atoms with Crippen LogP contribution in [0, 0.1) is 0 Å². The lowest BCUT2D eigenvalue weighted by Crippen LogP contribution is -2.37. The Balaban J connectivity index is 4.60. The van der Waals surface area contributed by atoms with Crippen molar-refractivity contribution in [3.8, 4) is 0 Å². The lowest BCUT2D eigenvalue weighted by molar-refractivity contribution is -0.870. The number of quaternary nitrogens is 1. The Morgan fingerprint density at radius 3 is 1.68 bits per heavy atom. The summed E-state index contributed by atoms with van der Waals surface area (Å²) in [6, 6.07) is 0. The van der Waals surface area contributed by atoms with Gasteiger partial charge in [0.05, 0.1) is 33.9 Å². The van der Waals surface area contributed by atoms with Gasteiger partial charge in [0.15, 0.2) is 6.10 Å². The van der Waals surface area contributed by atoms with Crippen LogP contribution in [0.25, 0.3) is 0 Å². The molecule has 0 aliphatic heterocycles. The third-order valence-electron chi connectivity index (χ3n) is 8.86. The number of hydrogen-bond acceptors (Lipinski definition) is 9. The number of likely N-dealkylation sites (N-methyl/N-ethyl adjacent to an activating group) is 1. The number of phosphoric ester groups is 1. The first-order valence-electron chi connectivity index (χ1n) is 21.8. The van der Waals surface area contributed by atoms with Gasteiger partial charge < -0.3 is 33.0 Å². The van der Waals surface area contributed by atoms with Crippen LogP contribution in [0.2, 0.25) is 0 Å². The molecule has 0 bridgehead atoms. The van der Waals surface area contributed by atoms with E-state index >= 15 is 0 Å². The monoisotopic (exact) mass is 822 g/mol. The first-order chi connectivity index (χ1) is 27.4. The number of allylic oxidation sites excluding steroid dienone is 11. The minimum atomic E-state index is -4.68. The molecule has 0 spiro atoms. The number of ether oxygens (including phenoxy) is 2. The molecule has 0 heterocycles. The maximum atomic E-state index is 12.7. The fourth-order valence-corrected chi connectivity index (χ4v) is 6.14. The van der Waals surface area contributed by atoms with Gasteiger partial charge in [0, 0.05) is 12.8 Å². The molecule has 11 heteroatoms. The summed E-state index contributed by atoms with van der Waals surface area (Å²) >= 11 is 0. The lowest BCUT2D eigenvalue weighted by Gasteiger charge is -2.28. The molecule has 0 aromatic carbocycles. The summed E-state index contributed by atoms with van der Waals surface area (Å²) in [5.74, 6) is -1.12. The van der Waals surface area contributed by atoms with Crippen LogP contribution in [-0.2, 0) is 32.7 Å². The Morgan fingerprint density at radius 2 is 1.16 bits per heavy atom. The molecule has 0 fully saturated rings. The fraction of sp³-hybridized carbons (Fsp3) is 0.696.